The van der Waals surface area contributed by atoms with Crippen LogP contribution in [0.2, 0.25) is 4.47 Å². The van der Waals surface area contributed by atoms with Crippen LogP contribution in [0.25, 0.3) is 0 Å². The van der Waals surface area contributed by atoms with Crippen LogP contribution in [0, 0.1) is 5.92 Å². The third-order valence-electron chi connectivity index (χ3n) is 2.89. The number of hydrogen-bond donors (Lipinski definition) is 0. The number of ether oxygens (including phenoxy) is 1. The first-order valence-electron chi connectivity index (χ1n) is 5.65. The summed E-state index contributed by atoms with van der Waals surface area (Å²) in [5.74, 6) is 0.266. The number of halogens is 1. The summed E-state index contributed by atoms with van der Waals surface area (Å²) in [4.78, 5) is 3.77. The molecule has 1 saturated heterocycles. The van der Waals surface area contributed by atoms with Crippen LogP contribution in [-0.4, -0.2) is 44.5 Å². The fourth-order valence-corrected chi connectivity index (χ4v) is 4.68. The van der Waals surface area contributed by atoms with Gasteiger partial charge in [-0.3, -0.25) is 0 Å². The Kier molecular flexibility index (Phi) is 4.60. The molecular weight excluding hydrogens is 296 g/mol. The maximum absolute atomic E-state index is 12.2. The molecule has 0 amide bonds. The smallest absolute Gasteiger partial charge is 0.253 e. The van der Waals surface area contributed by atoms with Crippen molar-refractivity contribution < 1.29 is 13.2 Å². The Morgan fingerprint density at radius 1 is 1.67 bits per heavy atom. The molecule has 0 aliphatic carbocycles. The second-order valence-electron chi connectivity index (χ2n) is 4.30. The van der Waals surface area contributed by atoms with E-state index < -0.39 is 10.0 Å². The van der Waals surface area contributed by atoms with E-state index in [1.165, 1.54) is 10.5 Å². The Labute approximate surface area is 116 Å². The molecule has 5 nitrogen and oxygen atoms in total. The van der Waals surface area contributed by atoms with E-state index in [4.69, 9.17) is 16.3 Å². The molecular formula is C10H15ClN2O3S2. The summed E-state index contributed by atoms with van der Waals surface area (Å²) in [7, 11) is -1.89. The van der Waals surface area contributed by atoms with Crippen molar-refractivity contribution in [2.45, 2.75) is 17.1 Å². The molecule has 0 saturated carbocycles. The van der Waals surface area contributed by atoms with Gasteiger partial charge in [-0.15, -0.1) is 0 Å². The largest absolute Gasteiger partial charge is 0.381 e. The predicted molar refractivity (Wildman–Crippen MR) is 70.5 cm³/mol. The maximum Gasteiger partial charge on any atom is 0.253 e. The van der Waals surface area contributed by atoms with Crippen LogP contribution >= 0.6 is 22.9 Å². The Balaban J connectivity index is 2.05. The van der Waals surface area contributed by atoms with Crippen LogP contribution < -0.4 is 0 Å². The lowest BCUT2D eigenvalue weighted by Crippen LogP contribution is -2.34. The molecule has 0 aromatic carbocycles. The van der Waals surface area contributed by atoms with Crippen LogP contribution in [0.4, 0.5) is 0 Å². The zero-order chi connectivity index (χ0) is 13.2. The molecule has 1 aromatic heterocycles. The number of hydrogen-bond acceptors (Lipinski definition) is 5. The minimum atomic E-state index is -3.47. The normalized spacial score (nSPS) is 21.4. The average Bonchev–Trinajstić information content (AvgIpc) is 2.78. The molecule has 102 valence electrons. The first kappa shape index (κ1) is 14.2. The van der Waals surface area contributed by atoms with E-state index in [0.29, 0.717) is 13.2 Å². The van der Waals surface area contributed by atoms with Gasteiger partial charge in [-0.2, -0.15) is 4.31 Å². The highest BCUT2D eigenvalue weighted by Crippen LogP contribution is 2.26. The van der Waals surface area contributed by atoms with E-state index >= 15 is 0 Å². The topological polar surface area (TPSA) is 59.5 Å². The van der Waals surface area contributed by atoms with Crippen molar-refractivity contribution in [1.82, 2.24) is 9.29 Å². The fraction of sp³-hybridized carbons (Fsp3) is 0.700. The van der Waals surface area contributed by atoms with E-state index in [9.17, 15) is 8.42 Å². The highest BCUT2D eigenvalue weighted by Gasteiger charge is 2.26. The highest BCUT2D eigenvalue weighted by atomic mass is 35.5. The van der Waals surface area contributed by atoms with E-state index in [1.807, 2.05) is 0 Å². The molecule has 0 radical (unpaired) electrons. The summed E-state index contributed by atoms with van der Waals surface area (Å²) < 4.78 is 31.6. The summed E-state index contributed by atoms with van der Waals surface area (Å²) in [6, 6.07) is 0. The van der Waals surface area contributed by atoms with Crippen molar-refractivity contribution in [3.8, 4) is 0 Å². The molecule has 0 spiro atoms. The van der Waals surface area contributed by atoms with Crippen LogP contribution in [0.15, 0.2) is 10.4 Å². The summed E-state index contributed by atoms with van der Waals surface area (Å²) in [6.45, 7) is 1.87. The third kappa shape index (κ3) is 3.21. The van der Waals surface area contributed by atoms with Gasteiger partial charge < -0.3 is 4.74 Å². The number of sulfonamides is 1. The molecule has 1 aliphatic heterocycles. The summed E-state index contributed by atoms with van der Waals surface area (Å²) in [5, 5.41) is 0. The van der Waals surface area contributed by atoms with Crippen molar-refractivity contribution in [3.63, 3.8) is 0 Å². The minimum Gasteiger partial charge on any atom is -0.381 e. The predicted octanol–water partition coefficient (Wildman–Crippen LogP) is 1.84. The quantitative estimate of drug-likeness (QED) is 0.851. The molecule has 1 aliphatic rings. The Hall–Kier alpha value is -0.210. The van der Waals surface area contributed by atoms with Crippen LogP contribution in [-0.2, 0) is 14.8 Å². The standard InChI is InChI=1S/C10H15ClN2O3S2/c1-13(6-8-3-2-4-16-7-8)18(14,15)9-5-12-10(11)17-9/h5,8H,2-4,6-7H2,1H3. The van der Waals surface area contributed by atoms with Gasteiger partial charge in [0.25, 0.3) is 10.0 Å². The molecule has 0 N–H and O–H groups in total. The Morgan fingerprint density at radius 2 is 2.44 bits per heavy atom. The highest BCUT2D eigenvalue weighted by molar-refractivity contribution is 7.91. The monoisotopic (exact) mass is 310 g/mol. The second-order valence-corrected chi connectivity index (χ2v) is 8.19. The molecule has 1 atom stereocenters. The van der Waals surface area contributed by atoms with Crippen LogP contribution in [0.1, 0.15) is 12.8 Å². The lowest BCUT2D eigenvalue weighted by atomic mass is 10.0. The third-order valence-corrected chi connectivity index (χ3v) is 6.27. The Bertz CT molecular complexity index is 497. The molecule has 2 rings (SSSR count). The van der Waals surface area contributed by atoms with E-state index in [2.05, 4.69) is 4.98 Å². The number of aromatic nitrogens is 1. The van der Waals surface area contributed by atoms with Gasteiger partial charge in [0.15, 0.2) is 8.68 Å². The van der Waals surface area contributed by atoms with Gasteiger partial charge in [0, 0.05) is 20.2 Å². The molecule has 1 unspecified atom stereocenters. The second kappa shape index (κ2) is 5.83. The van der Waals surface area contributed by atoms with Crippen LogP contribution in [0.3, 0.4) is 0 Å². The van der Waals surface area contributed by atoms with Crippen molar-refractivity contribution in [3.05, 3.63) is 10.7 Å². The SMILES string of the molecule is CN(CC1CCCOC1)S(=O)(=O)c1cnc(Cl)s1. The number of nitrogens with zero attached hydrogens (tertiary/aromatic N) is 2. The Morgan fingerprint density at radius 3 is 3.00 bits per heavy atom. The first-order chi connectivity index (χ1) is 8.50. The van der Waals surface area contributed by atoms with Gasteiger partial charge in [-0.05, 0) is 18.8 Å². The van der Waals surface area contributed by atoms with E-state index in [0.717, 1.165) is 30.8 Å². The lowest BCUT2D eigenvalue weighted by Gasteiger charge is -2.26. The molecule has 2 heterocycles. The number of thiazole rings is 1. The molecule has 18 heavy (non-hydrogen) atoms. The van der Waals surface area contributed by atoms with Gasteiger partial charge in [0.1, 0.15) is 0 Å². The molecule has 0 bridgehead atoms. The van der Waals surface area contributed by atoms with Gasteiger partial charge >= 0.3 is 0 Å². The molecule has 1 aromatic rings. The summed E-state index contributed by atoms with van der Waals surface area (Å²) >= 11 is 6.65. The van der Waals surface area contributed by atoms with Crippen molar-refractivity contribution in [1.29, 1.82) is 0 Å². The van der Waals surface area contributed by atoms with Crippen molar-refractivity contribution >= 4 is 33.0 Å². The van der Waals surface area contributed by atoms with Crippen molar-refractivity contribution in [2.24, 2.45) is 5.92 Å². The maximum atomic E-state index is 12.2. The summed E-state index contributed by atoms with van der Waals surface area (Å²) in [5.41, 5.74) is 0. The van der Waals surface area contributed by atoms with Gasteiger partial charge in [0.05, 0.1) is 12.8 Å². The number of rotatable bonds is 4. The minimum absolute atomic E-state index is 0.187. The van der Waals surface area contributed by atoms with Gasteiger partial charge in [0.2, 0.25) is 0 Å². The van der Waals surface area contributed by atoms with Gasteiger partial charge in [-0.25, -0.2) is 13.4 Å². The molecule has 8 heteroatoms. The first-order valence-corrected chi connectivity index (χ1v) is 8.29. The van der Waals surface area contributed by atoms with Gasteiger partial charge in [-0.1, -0.05) is 22.9 Å². The van der Waals surface area contributed by atoms with E-state index in [-0.39, 0.29) is 14.6 Å². The van der Waals surface area contributed by atoms with E-state index in [1.54, 1.807) is 7.05 Å². The average molecular weight is 311 g/mol. The summed E-state index contributed by atoms with van der Waals surface area (Å²) in [6.07, 6.45) is 3.30. The van der Waals surface area contributed by atoms with Crippen molar-refractivity contribution in [2.75, 3.05) is 26.8 Å². The zero-order valence-electron chi connectivity index (χ0n) is 10.0. The zero-order valence-corrected chi connectivity index (χ0v) is 12.4. The molecule has 1 fully saturated rings. The fourth-order valence-electron chi connectivity index (χ4n) is 1.93. The lowest BCUT2D eigenvalue weighted by molar-refractivity contribution is 0.0495. The van der Waals surface area contributed by atoms with Crippen LogP contribution in [0.5, 0.6) is 0 Å².